The van der Waals surface area contributed by atoms with Crippen LogP contribution >= 0.6 is 24.8 Å². The number of hydrogen-bond donors (Lipinski definition) is 2. The Morgan fingerprint density at radius 3 is 2.57 bits per heavy atom. The first-order valence-corrected chi connectivity index (χ1v) is 7.10. The predicted octanol–water partition coefficient (Wildman–Crippen LogP) is 2.22. The van der Waals surface area contributed by atoms with Gasteiger partial charge in [0.25, 0.3) is 5.91 Å². The van der Waals surface area contributed by atoms with E-state index in [9.17, 15) is 4.79 Å². The fourth-order valence-electron chi connectivity index (χ4n) is 2.19. The summed E-state index contributed by atoms with van der Waals surface area (Å²) in [6.45, 7) is 8.33. The standard InChI is InChI=1S/C15H23N5O.2ClH/c1-9(2)15(4,8-16)18-14(21)11-6-12-10(3)19-20(5)13(12)17-7-11;;/h6-7,9H,8,16H2,1-5H3,(H,18,21);2*1H. The molecule has 6 nitrogen and oxygen atoms in total. The van der Waals surface area contributed by atoms with Gasteiger partial charge in [-0.1, -0.05) is 13.8 Å². The Morgan fingerprint density at radius 1 is 1.43 bits per heavy atom. The molecule has 0 aliphatic heterocycles. The Hall–Kier alpha value is -1.37. The average Bonchev–Trinajstić information content (AvgIpc) is 2.73. The summed E-state index contributed by atoms with van der Waals surface area (Å²) < 4.78 is 1.71. The lowest BCUT2D eigenvalue weighted by Gasteiger charge is -2.33. The number of halogens is 2. The maximum atomic E-state index is 12.5. The van der Waals surface area contributed by atoms with E-state index in [1.165, 1.54) is 0 Å². The molecule has 1 atom stereocenters. The molecule has 1 unspecified atom stereocenters. The quantitative estimate of drug-likeness (QED) is 0.873. The highest BCUT2D eigenvalue weighted by atomic mass is 35.5. The van der Waals surface area contributed by atoms with Crippen LogP contribution in [0.25, 0.3) is 11.0 Å². The summed E-state index contributed by atoms with van der Waals surface area (Å²) in [7, 11) is 1.84. The minimum atomic E-state index is -0.435. The van der Waals surface area contributed by atoms with E-state index in [0.717, 1.165) is 16.7 Å². The van der Waals surface area contributed by atoms with Crippen molar-refractivity contribution in [2.24, 2.45) is 18.7 Å². The van der Waals surface area contributed by atoms with E-state index in [2.05, 4.69) is 15.4 Å². The van der Waals surface area contributed by atoms with Crippen LogP contribution in [0.15, 0.2) is 12.3 Å². The lowest BCUT2D eigenvalue weighted by Crippen LogP contribution is -2.55. The van der Waals surface area contributed by atoms with Gasteiger partial charge in [0.05, 0.1) is 16.8 Å². The van der Waals surface area contributed by atoms with Gasteiger partial charge in [-0.2, -0.15) is 5.10 Å². The van der Waals surface area contributed by atoms with Gasteiger partial charge < -0.3 is 11.1 Å². The number of nitrogens with two attached hydrogens (primary N) is 1. The van der Waals surface area contributed by atoms with Crippen LogP contribution in [0.2, 0.25) is 0 Å². The summed E-state index contributed by atoms with van der Waals surface area (Å²) in [5.74, 6) is 0.0811. The molecule has 0 aliphatic rings. The van der Waals surface area contributed by atoms with Crippen molar-refractivity contribution < 1.29 is 4.79 Å². The van der Waals surface area contributed by atoms with Gasteiger partial charge in [-0.3, -0.25) is 9.48 Å². The molecule has 0 fully saturated rings. The molecular weight excluding hydrogens is 337 g/mol. The molecule has 2 aromatic heterocycles. The fraction of sp³-hybridized carbons (Fsp3) is 0.533. The van der Waals surface area contributed by atoms with Crippen LogP contribution in [0.3, 0.4) is 0 Å². The van der Waals surface area contributed by atoms with Gasteiger partial charge in [0.2, 0.25) is 0 Å². The number of aryl methyl sites for hydroxylation is 2. The van der Waals surface area contributed by atoms with Crippen molar-refractivity contribution in [3.63, 3.8) is 0 Å². The molecule has 2 rings (SSSR count). The van der Waals surface area contributed by atoms with Crippen LogP contribution in [0.5, 0.6) is 0 Å². The number of fused-ring (bicyclic) bond motifs is 1. The van der Waals surface area contributed by atoms with Gasteiger partial charge in [-0.25, -0.2) is 4.98 Å². The molecule has 0 saturated carbocycles. The Morgan fingerprint density at radius 2 is 2.04 bits per heavy atom. The fourth-order valence-corrected chi connectivity index (χ4v) is 2.19. The highest BCUT2D eigenvalue weighted by Gasteiger charge is 2.29. The van der Waals surface area contributed by atoms with E-state index in [1.54, 1.807) is 10.9 Å². The van der Waals surface area contributed by atoms with E-state index in [4.69, 9.17) is 5.73 Å². The van der Waals surface area contributed by atoms with Crippen molar-refractivity contribution in [3.8, 4) is 0 Å². The second kappa shape index (κ2) is 7.95. The predicted molar refractivity (Wildman–Crippen MR) is 97.5 cm³/mol. The van der Waals surface area contributed by atoms with Gasteiger partial charge >= 0.3 is 0 Å². The first-order valence-electron chi connectivity index (χ1n) is 7.10. The largest absolute Gasteiger partial charge is 0.345 e. The van der Waals surface area contributed by atoms with Crippen molar-refractivity contribution in [2.75, 3.05) is 6.54 Å². The normalized spacial score (nSPS) is 13.2. The Balaban J connectivity index is 0.00000242. The third kappa shape index (κ3) is 4.13. The molecule has 0 saturated heterocycles. The molecule has 2 heterocycles. The molecule has 0 bridgehead atoms. The van der Waals surface area contributed by atoms with Crippen molar-refractivity contribution in [1.82, 2.24) is 20.1 Å². The second-order valence-corrected chi connectivity index (χ2v) is 6.03. The van der Waals surface area contributed by atoms with Gasteiger partial charge in [-0.15, -0.1) is 24.8 Å². The first kappa shape index (κ1) is 21.6. The Bertz CT molecular complexity index is 686. The summed E-state index contributed by atoms with van der Waals surface area (Å²) in [5.41, 5.74) is 7.53. The molecular formula is C15H25Cl2N5O. The van der Waals surface area contributed by atoms with E-state index in [0.29, 0.717) is 12.1 Å². The van der Waals surface area contributed by atoms with E-state index < -0.39 is 5.54 Å². The lowest BCUT2D eigenvalue weighted by atomic mass is 9.88. The Kier molecular flexibility index (Phi) is 7.47. The minimum absolute atomic E-state index is 0. The van der Waals surface area contributed by atoms with Crippen LogP contribution in [0.4, 0.5) is 0 Å². The topological polar surface area (TPSA) is 85.8 Å². The zero-order valence-electron chi connectivity index (χ0n) is 14.1. The zero-order valence-corrected chi connectivity index (χ0v) is 15.7. The van der Waals surface area contributed by atoms with Crippen molar-refractivity contribution in [3.05, 3.63) is 23.5 Å². The second-order valence-electron chi connectivity index (χ2n) is 6.03. The third-order valence-corrected chi connectivity index (χ3v) is 4.22. The number of aromatic nitrogens is 3. The molecule has 0 spiro atoms. The van der Waals surface area contributed by atoms with E-state index in [1.807, 2.05) is 40.8 Å². The number of nitrogens with one attached hydrogen (secondary N) is 1. The van der Waals surface area contributed by atoms with Gasteiger partial charge in [-0.05, 0) is 25.8 Å². The number of carbonyl (C=O) groups excluding carboxylic acids is 1. The summed E-state index contributed by atoms with van der Waals surface area (Å²) >= 11 is 0. The zero-order chi connectivity index (χ0) is 15.8. The number of pyridine rings is 1. The monoisotopic (exact) mass is 361 g/mol. The molecule has 2 aromatic rings. The molecule has 1 amide bonds. The minimum Gasteiger partial charge on any atom is -0.345 e. The van der Waals surface area contributed by atoms with Gasteiger partial charge in [0, 0.05) is 25.2 Å². The SMILES string of the molecule is Cc1nn(C)c2ncc(C(=O)NC(C)(CN)C(C)C)cc12.Cl.Cl. The maximum absolute atomic E-state index is 12.5. The molecule has 23 heavy (non-hydrogen) atoms. The van der Waals surface area contributed by atoms with Crippen LogP contribution in [0, 0.1) is 12.8 Å². The van der Waals surface area contributed by atoms with Crippen LogP contribution in [-0.2, 0) is 7.05 Å². The molecule has 0 aliphatic carbocycles. The van der Waals surface area contributed by atoms with Crippen LogP contribution in [-0.4, -0.2) is 32.8 Å². The van der Waals surface area contributed by atoms with Crippen molar-refractivity contribution in [1.29, 1.82) is 0 Å². The number of rotatable bonds is 4. The number of nitrogens with zero attached hydrogens (tertiary/aromatic N) is 3. The maximum Gasteiger partial charge on any atom is 0.253 e. The van der Waals surface area contributed by atoms with Crippen molar-refractivity contribution in [2.45, 2.75) is 33.2 Å². The third-order valence-electron chi connectivity index (χ3n) is 4.22. The lowest BCUT2D eigenvalue weighted by molar-refractivity contribution is 0.0883. The average molecular weight is 362 g/mol. The molecule has 8 heteroatoms. The smallest absolute Gasteiger partial charge is 0.253 e. The van der Waals surface area contributed by atoms with Crippen LogP contribution < -0.4 is 11.1 Å². The highest BCUT2D eigenvalue weighted by molar-refractivity contribution is 5.97. The number of amides is 1. The van der Waals surface area contributed by atoms with E-state index in [-0.39, 0.29) is 36.6 Å². The molecule has 130 valence electrons. The van der Waals surface area contributed by atoms with E-state index >= 15 is 0 Å². The summed E-state index contributed by atoms with van der Waals surface area (Å²) in [6, 6.07) is 1.83. The highest BCUT2D eigenvalue weighted by Crippen LogP contribution is 2.19. The number of carbonyl (C=O) groups is 1. The molecule has 0 radical (unpaired) electrons. The van der Waals surface area contributed by atoms with Gasteiger partial charge in [0.15, 0.2) is 5.65 Å². The molecule has 0 aromatic carbocycles. The summed E-state index contributed by atoms with van der Waals surface area (Å²) in [6.07, 6.45) is 1.58. The first-order chi connectivity index (χ1) is 9.78. The number of hydrogen-bond acceptors (Lipinski definition) is 4. The molecule has 3 N–H and O–H groups in total. The van der Waals surface area contributed by atoms with Crippen molar-refractivity contribution >= 4 is 41.8 Å². The van der Waals surface area contributed by atoms with Gasteiger partial charge in [0.1, 0.15) is 0 Å². The van der Waals surface area contributed by atoms with Crippen LogP contribution in [0.1, 0.15) is 36.8 Å². The Labute approximate surface area is 149 Å². The summed E-state index contributed by atoms with van der Waals surface area (Å²) in [4.78, 5) is 16.8. The summed E-state index contributed by atoms with van der Waals surface area (Å²) in [5, 5.41) is 8.22.